The predicted octanol–water partition coefficient (Wildman–Crippen LogP) is 3.99. The molecule has 5 rings (SSSR count). The molecule has 3 nitrogen and oxygen atoms in total. The Hall–Kier alpha value is -1.77. The van der Waals surface area contributed by atoms with Crippen LogP contribution in [0, 0.1) is 30.6 Å². The Morgan fingerprint density at radius 2 is 1.95 bits per heavy atom. The molecule has 0 saturated heterocycles. The van der Waals surface area contributed by atoms with Crippen LogP contribution in [-0.4, -0.2) is 5.16 Å². The van der Waals surface area contributed by atoms with Crippen molar-refractivity contribution in [3.63, 3.8) is 0 Å². The number of hydrogen-bond donors (Lipinski definition) is 1. The lowest BCUT2D eigenvalue weighted by Crippen LogP contribution is -1.99. The largest absolute Gasteiger partial charge is 0.367 e. The van der Waals surface area contributed by atoms with E-state index >= 15 is 0 Å². The minimum absolute atomic E-state index is 0.480. The van der Waals surface area contributed by atoms with Crippen molar-refractivity contribution in [2.45, 2.75) is 32.1 Å². The summed E-state index contributed by atoms with van der Waals surface area (Å²) in [5.41, 5.74) is 10.7. The molecule has 0 aliphatic heterocycles. The van der Waals surface area contributed by atoms with Gasteiger partial charge in [0.15, 0.2) is 0 Å². The van der Waals surface area contributed by atoms with Gasteiger partial charge in [0.25, 0.3) is 0 Å². The van der Waals surface area contributed by atoms with E-state index in [4.69, 9.17) is 10.3 Å². The number of rotatable bonds is 2. The fraction of sp³-hybridized carbons (Fsp3) is 0.500. The summed E-state index contributed by atoms with van der Waals surface area (Å²) in [5, 5.41) is 4.36. The fourth-order valence-corrected chi connectivity index (χ4v) is 5.32. The molecule has 2 aromatic rings. The molecule has 0 spiro atoms. The summed E-state index contributed by atoms with van der Waals surface area (Å²) in [5.74, 6) is 4.68. The number of aryl methyl sites for hydroxylation is 1. The lowest BCUT2D eigenvalue weighted by atomic mass is 9.95. The molecule has 4 unspecified atom stereocenters. The van der Waals surface area contributed by atoms with E-state index in [1.165, 1.54) is 24.8 Å². The molecule has 1 aromatic carbocycles. The molecule has 4 atom stereocenters. The van der Waals surface area contributed by atoms with Gasteiger partial charge in [0, 0.05) is 5.92 Å². The lowest BCUT2D eigenvalue weighted by Gasteiger charge is -2.08. The van der Waals surface area contributed by atoms with E-state index in [1.54, 1.807) is 0 Å². The first-order chi connectivity index (χ1) is 10.2. The van der Waals surface area contributed by atoms with Gasteiger partial charge in [-0.3, -0.25) is 0 Å². The molecule has 0 radical (unpaired) electrons. The van der Waals surface area contributed by atoms with Gasteiger partial charge in [0.2, 0.25) is 5.88 Å². The number of nitrogens with zero attached hydrogens (tertiary/aromatic N) is 1. The topological polar surface area (TPSA) is 52.0 Å². The van der Waals surface area contributed by atoms with Crippen LogP contribution in [0.5, 0.6) is 0 Å². The highest BCUT2D eigenvalue weighted by Gasteiger charge is 2.66. The van der Waals surface area contributed by atoms with Crippen LogP contribution >= 0.6 is 0 Å². The maximum absolute atomic E-state index is 6.10. The van der Waals surface area contributed by atoms with Crippen LogP contribution in [0.4, 0.5) is 5.88 Å². The highest BCUT2D eigenvalue weighted by molar-refractivity contribution is 5.76. The third-order valence-corrected chi connectivity index (χ3v) is 6.10. The Balaban J connectivity index is 1.58. The molecule has 0 amide bonds. The molecule has 108 valence electrons. The first kappa shape index (κ1) is 11.8. The Bertz CT molecular complexity index is 704. The normalized spacial score (nSPS) is 36.0. The van der Waals surface area contributed by atoms with Crippen molar-refractivity contribution in [2.24, 2.45) is 23.7 Å². The van der Waals surface area contributed by atoms with Gasteiger partial charge in [-0.05, 0) is 55.4 Å². The number of hydrogen-bond acceptors (Lipinski definition) is 3. The summed E-state index contributed by atoms with van der Waals surface area (Å²) in [6.07, 6.45) is 4.31. The van der Waals surface area contributed by atoms with Gasteiger partial charge in [0.05, 0.1) is 11.3 Å². The van der Waals surface area contributed by atoms with Gasteiger partial charge < -0.3 is 10.3 Å². The van der Waals surface area contributed by atoms with E-state index in [0.717, 1.165) is 40.5 Å². The summed E-state index contributed by atoms with van der Waals surface area (Å²) in [6.45, 7) is 2.11. The molecule has 1 heterocycles. The van der Waals surface area contributed by atoms with E-state index in [0.29, 0.717) is 11.8 Å². The monoisotopic (exact) mass is 280 g/mol. The van der Waals surface area contributed by atoms with Gasteiger partial charge in [-0.25, -0.2) is 0 Å². The second-order valence-corrected chi connectivity index (χ2v) is 7.19. The zero-order valence-corrected chi connectivity index (χ0v) is 12.3. The summed E-state index contributed by atoms with van der Waals surface area (Å²) < 4.78 is 5.38. The first-order valence-electron chi connectivity index (χ1n) is 8.06. The van der Waals surface area contributed by atoms with Crippen molar-refractivity contribution in [1.82, 2.24) is 5.16 Å². The second kappa shape index (κ2) is 3.90. The van der Waals surface area contributed by atoms with Crippen molar-refractivity contribution < 1.29 is 4.52 Å². The van der Waals surface area contributed by atoms with E-state index in [-0.39, 0.29) is 0 Å². The molecule has 3 heteroatoms. The second-order valence-electron chi connectivity index (χ2n) is 7.19. The number of nitrogens with two attached hydrogens (primary N) is 1. The van der Waals surface area contributed by atoms with E-state index in [2.05, 4.69) is 36.3 Å². The van der Waals surface area contributed by atoms with Crippen molar-refractivity contribution >= 4 is 5.88 Å². The average Bonchev–Trinajstić information content (AvgIpc) is 2.80. The van der Waals surface area contributed by atoms with Gasteiger partial charge in [-0.15, -0.1) is 0 Å². The fourth-order valence-electron chi connectivity index (χ4n) is 5.32. The predicted molar refractivity (Wildman–Crippen MR) is 81.6 cm³/mol. The first-order valence-corrected chi connectivity index (χ1v) is 8.06. The van der Waals surface area contributed by atoms with Crippen molar-refractivity contribution in [1.29, 1.82) is 0 Å². The van der Waals surface area contributed by atoms with Crippen molar-refractivity contribution in [3.8, 4) is 11.1 Å². The molecule has 2 bridgehead atoms. The van der Waals surface area contributed by atoms with Gasteiger partial charge >= 0.3 is 0 Å². The van der Waals surface area contributed by atoms with Crippen LogP contribution < -0.4 is 5.73 Å². The number of fused-ring (bicyclic) bond motifs is 5. The molecule has 3 aliphatic rings. The minimum atomic E-state index is 0.480. The average molecular weight is 280 g/mol. The van der Waals surface area contributed by atoms with Crippen LogP contribution in [0.15, 0.2) is 28.8 Å². The Morgan fingerprint density at radius 1 is 1.19 bits per heavy atom. The maximum atomic E-state index is 6.10. The number of anilines is 1. The molecule has 3 aliphatic carbocycles. The SMILES string of the molecule is Cc1cccc(-c2c(C3C4C5CCC(C5)C34)noc2N)c1. The van der Waals surface area contributed by atoms with Gasteiger partial charge in [-0.1, -0.05) is 35.0 Å². The third-order valence-electron chi connectivity index (χ3n) is 6.10. The van der Waals surface area contributed by atoms with Crippen LogP contribution in [-0.2, 0) is 0 Å². The highest BCUT2D eigenvalue weighted by Crippen LogP contribution is 2.73. The van der Waals surface area contributed by atoms with Crippen molar-refractivity contribution in [2.75, 3.05) is 5.73 Å². The molecule has 3 saturated carbocycles. The number of nitrogen functional groups attached to an aromatic ring is 1. The number of aromatic nitrogens is 1. The van der Waals surface area contributed by atoms with Gasteiger partial charge in [-0.2, -0.15) is 0 Å². The van der Waals surface area contributed by atoms with E-state index in [1.807, 2.05) is 0 Å². The Morgan fingerprint density at radius 3 is 2.67 bits per heavy atom. The quantitative estimate of drug-likeness (QED) is 0.904. The molecular formula is C18H20N2O. The Kier molecular flexibility index (Phi) is 2.20. The molecule has 3 fully saturated rings. The van der Waals surface area contributed by atoms with E-state index < -0.39 is 0 Å². The van der Waals surface area contributed by atoms with Crippen LogP contribution in [0.3, 0.4) is 0 Å². The maximum Gasteiger partial charge on any atom is 0.230 e. The lowest BCUT2D eigenvalue weighted by molar-refractivity contribution is 0.417. The smallest absolute Gasteiger partial charge is 0.230 e. The van der Waals surface area contributed by atoms with E-state index in [9.17, 15) is 0 Å². The highest BCUT2D eigenvalue weighted by atomic mass is 16.5. The molecular weight excluding hydrogens is 260 g/mol. The molecule has 1 aromatic heterocycles. The van der Waals surface area contributed by atoms with Crippen LogP contribution in [0.2, 0.25) is 0 Å². The standard InChI is InChI=1S/C18H20N2O/c1-9-3-2-4-10(7-9)15-17(20-21-18(15)19)16-13-11-5-6-12(8-11)14(13)16/h2-4,7,11-14,16H,5-6,8,19H2,1H3. The third kappa shape index (κ3) is 1.52. The molecule has 2 N–H and O–H groups in total. The zero-order valence-electron chi connectivity index (χ0n) is 12.3. The zero-order chi connectivity index (χ0) is 14.1. The van der Waals surface area contributed by atoms with Crippen molar-refractivity contribution in [3.05, 3.63) is 35.5 Å². The summed E-state index contributed by atoms with van der Waals surface area (Å²) >= 11 is 0. The van der Waals surface area contributed by atoms with Crippen LogP contribution in [0.25, 0.3) is 11.1 Å². The minimum Gasteiger partial charge on any atom is -0.367 e. The summed E-state index contributed by atoms with van der Waals surface area (Å²) in [7, 11) is 0. The van der Waals surface area contributed by atoms with Gasteiger partial charge in [0.1, 0.15) is 0 Å². The number of benzene rings is 1. The summed E-state index contributed by atoms with van der Waals surface area (Å²) in [4.78, 5) is 0. The van der Waals surface area contributed by atoms with Crippen LogP contribution in [0.1, 0.15) is 36.4 Å². The molecule has 21 heavy (non-hydrogen) atoms. The Labute approximate surface area is 124 Å². The summed E-state index contributed by atoms with van der Waals surface area (Å²) in [6, 6.07) is 8.49.